The lowest BCUT2D eigenvalue weighted by Crippen LogP contribution is -2.60. The van der Waals surface area contributed by atoms with Crippen LogP contribution >= 0.6 is 0 Å². The van der Waals surface area contributed by atoms with Crippen LogP contribution in [0.1, 0.15) is 38.5 Å². The average Bonchev–Trinajstić information content (AvgIpc) is 3.20. The first-order valence-corrected chi connectivity index (χ1v) is 11.1. The molecule has 1 aliphatic carbocycles. The van der Waals surface area contributed by atoms with E-state index in [0.717, 1.165) is 64.7 Å². The Labute approximate surface area is 155 Å². The summed E-state index contributed by atoms with van der Waals surface area (Å²) in [6.45, 7) is 3.22. The molecule has 2 saturated heterocycles. The molecular formula is C19H27N3O3S. The maximum Gasteiger partial charge on any atom is 0.319 e. The van der Waals surface area contributed by atoms with Gasteiger partial charge in [-0.2, -0.15) is 0 Å². The van der Waals surface area contributed by atoms with Gasteiger partial charge in [-0.15, -0.1) is 0 Å². The molecule has 0 radical (unpaired) electrons. The van der Waals surface area contributed by atoms with Crippen LogP contribution in [-0.4, -0.2) is 56.5 Å². The average molecular weight is 378 g/mol. The normalized spacial score (nSPS) is 25.3. The molecule has 2 amide bonds. The van der Waals surface area contributed by atoms with Gasteiger partial charge in [0.15, 0.2) is 0 Å². The van der Waals surface area contributed by atoms with Crippen molar-refractivity contribution in [1.29, 1.82) is 0 Å². The maximum absolute atomic E-state index is 12.6. The fraction of sp³-hybridized carbons (Fsp3) is 0.632. The number of carbonyl (C=O) groups is 1. The van der Waals surface area contributed by atoms with Gasteiger partial charge in [-0.25, -0.2) is 17.9 Å². The Balaban J connectivity index is 1.37. The summed E-state index contributed by atoms with van der Waals surface area (Å²) in [6.07, 6.45) is 5.90. The van der Waals surface area contributed by atoms with Crippen molar-refractivity contribution in [2.45, 2.75) is 49.5 Å². The number of urea groups is 1. The van der Waals surface area contributed by atoms with E-state index < -0.39 is 10.0 Å². The van der Waals surface area contributed by atoms with Gasteiger partial charge in [0, 0.05) is 32.2 Å². The molecule has 1 saturated carbocycles. The highest BCUT2D eigenvalue weighted by Gasteiger charge is 2.50. The minimum Gasteiger partial charge on any atom is -0.325 e. The number of likely N-dealkylation sites (tertiary alicyclic amines) is 2. The highest BCUT2D eigenvalue weighted by atomic mass is 32.2. The number of hydrogen-bond donors (Lipinski definition) is 1. The van der Waals surface area contributed by atoms with Gasteiger partial charge in [0.05, 0.1) is 4.90 Å². The van der Waals surface area contributed by atoms with Gasteiger partial charge in [-0.05, 0) is 56.1 Å². The summed E-state index contributed by atoms with van der Waals surface area (Å²) >= 11 is 0. The van der Waals surface area contributed by atoms with Gasteiger partial charge in [-0.3, -0.25) is 0 Å². The molecule has 3 fully saturated rings. The molecule has 6 nitrogen and oxygen atoms in total. The zero-order chi connectivity index (χ0) is 18.2. The van der Waals surface area contributed by atoms with Crippen LogP contribution in [0.5, 0.6) is 0 Å². The molecule has 1 spiro atoms. The first-order valence-electron chi connectivity index (χ1n) is 9.61. The number of sulfonamides is 1. The van der Waals surface area contributed by atoms with Crippen molar-refractivity contribution < 1.29 is 13.2 Å². The molecule has 7 heteroatoms. The minimum atomic E-state index is -3.48. The molecule has 142 valence electrons. The molecular weight excluding hydrogens is 350 g/mol. The molecule has 26 heavy (non-hydrogen) atoms. The predicted molar refractivity (Wildman–Crippen MR) is 99.2 cm³/mol. The summed E-state index contributed by atoms with van der Waals surface area (Å²) in [4.78, 5) is 16.8. The maximum atomic E-state index is 12.6. The van der Waals surface area contributed by atoms with E-state index in [2.05, 4.69) is 4.72 Å². The largest absolute Gasteiger partial charge is 0.325 e. The van der Waals surface area contributed by atoms with E-state index in [9.17, 15) is 13.2 Å². The number of nitrogens with one attached hydrogen (secondary N) is 1. The van der Waals surface area contributed by atoms with Crippen molar-refractivity contribution in [1.82, 2.24) is 14.5 Å². The second kappa shape index (κ2) is 6.85. The monoisotopic (exact) mass is 377 g/mol. The molecule has 1 aromatic carbocycles. The van der Waals surface area contributed by atoms with Gasteiger partial charge in [0.25, 0.3) is 0 Å². The highest BCUT2D eigenvalue weighted by Crippen LogP contribution is 2.49. The van der Waals surface area contributed by atoms with E-state index in [1.165, 1.54) is 0 Å². The Morgan fingerprint density at radius 3 is 2.15 bits per heavy atom. The summed E-state index contributed by atoms with van der Waals surface area (Å²) < 4.78 is 28.2. The standard InChI is InChI=1S/C19H27N3O3S/c23-18(21-12-4-5-13-21)22-14-10-19(11-15-22)9-8-17(19)20-26(24,25)16-6-2-1-3-7-16/h1-3,6-7,17,20H,4-5,8-15H2. The number of piperidine rings is 1. The third kappa shape index (κ3) is 3.22. The molecule has 1 atom stereocenters. The third-order valence-electron chi connectivity index (χ3n) is 6.43. The molecule has 2 aliphatic heterocycles. The Kier molecular flexibility index (Phi) is 4.69. The lowest BCUT2D eigenvalue weighted by atomic mass is 9.60. The molecule has 3 aliphatic rings. The smallest absolute Gasteiger partial charge is 0.319 e. The zero-order valence-electron chi connectivity index (χ0n) is 15.1. The van der Waals surface area contributed by atoms with Crippen LogP contribution in [-0.2, 0) is 10.0 Å². The van der Waals surface area contributed by atoms with Crippen LogP contribution in [0, 0.1) is 5.41 Å². The summed E-state index contributed by atoms with van der Waals surface area (Å²) in [6, 6.07) is 8.71. The second-order valence-corrected chi connectivity index (χ2v) is 9.57. The summed E-state index contributed by atoms with van der Waals surface area (Å²) in [5, 5.41) is 0. The second-order valence-electron chi connectivity index (χ2n) is 7.85. The van der Waals surface area contributed by atoms with Crippen molar-refractivity contribution in [2.24, 2.45) is 5.41 Å². The molecule has 0 bridgehead atoms. The van der Waals surface area contributed by atoms with Crippen LogP contribution in [0.15, 0.2) is 35.2 Å². The number of amides is 2. The Hall–Kier alpha value is -1.60. The van der Waals surface area contributed by atoms with Gasteiger partial charge in [-0.1, -0.05) is 18.2 Å². The number of benzene rings is 1. The zero-order valence-corrected chi connectivity index (χ0v) is 15.9. The Bertz CT molecular complexity index is 751. The summed E-state index contributed by atoms with van der Waals surface area (Å²) in [7, 11) is -3.48. The first kappa shape index (κ1) is 17.8. The van der Waals surface area contributed by atoms with Crippen LogP contribution in [0.4, 0.5) is 4.79 Å². The van der Waals surface area contributed by atoms with E-state index in [1.807, 2.05) is 15.9 Å². The van der Waals surface area contributed by atoms with Crippen molar-refractivity contribution >= 4 is 16.1 Å². The number of hydrogen-bond acceptors (Lipinski definition) is 3. The van der Waals surface area contributed by atoms with E-state index in [4.69, 9.17) is 0 Å². The third-order valence-corrected chi connectivity index (χ3v) is 7.91. The van der Waals surface area contributed by atoms with E-state index in [-0.39, 0.29) is 17.5 Å². The van der Waals surface area contributed by atoms with E-state index in [1.54, 1.807) is 24.3 Å². The molecule has 1 aromatic rings. The lowest BCUT2D eigenvalue weighted by Gasteiger charge is -2.54. The summed E-state index contributed by atoms with van der Waals surface area (Å²) in [5.74, 6) is 0. The van der Waals surface area contributed by atoms with Crippen molar-refractivity contribution in [3.63, 3.8) is 0 Å². The minimum absolute atomic E-state index is 0.0169. The van der Waals surface area contributed by atoms with Crippen LogP contribution in [0.25, 0.3) is 0 Å². The number of carbonyl (C=O) groups excluding carboxylic acids is 1. The summed E-state index contributed by atoms with van der Waals surface area (Å²) in [5.41, 5.74) is 0.0175. The first-order chi connectivity index (χ1) is 12.5. The fourth-order valence-corrected chi connectivity index (χ4v) is 5.98. The van der Waals surface area contributed by atoms with Crippen LogP contribution in [0.3, 0.4) is 0 Å². The predicted octanol–water partition coefficient (Wildman–Crippen LogP) is 2.43. The SMILES string of the molecule is O=C(N1CCCC1)N1CCC2(CCC2NS(=O)(=O)c2ccccc2)CC1. The van der Waals surface area contributed by atoms with E-state index >= 15 is 0 Å². The van der Waals surface area contributed by atoms with Gasteiger partial charge < -0.3 is 9.80 Å². The number of nitrogens with zero attached hydrogens (tertiary/aromatic N) is 2. The molecule has 1 N–H and O–H groups in total. The van der Waals surface area contributed by atoms with Gasteiger partial charge in [0.2, 0.25) is 10.0 Å². The Morgan fingerprint density at radius 1 is 0.962 bits per heavy atom. The molecule has 0 aromatic heterocycles. The van der Waals surface area contributed by atoms with Crippen molar-refractivity contribution in [2.75, 3.05) is 26.2 Å². The van der Waals surface area contributed by atoms with Gasteiger partial charge in [0.1, 0.15) is 0 Å². The highest BCUT2D eigenvalue weighted by molar-refractivity contribution is 7.89. The Morgan fingerprint density at radius 2 is 1.58 bits per heavy atom. The van der Waals surface area contributed by atoms with Crippen LogP contribution < -0.4 is 4.72 Å². The molecule has 4 rings (SSSR count). The molecule has 1 unspecified atom stereocenters. The van der Waals surface area contributed by atoms with E-state index in [0.29, 0.717) is 4.90 Å². The topological polar surface area (TPSA) is 69.7 Å². The number of rotatable bonds is 3. The lowest BCUT2D eigenvalue weighted by molar-refractivity contribution is 0.00995. The van der Waals surface area contributed by atoms with Crippen molar-refractivity contribution in [3.8, 4) is 0 Å². The quantitative estimate of drug-likeness (QED) is 0.879. The van der Waals surface area contributed by atoms with Crippen LogP contribution in [0.2, 0.25) is 0 Å². The molecule has 2 heterocycles. The van der Waals surface area contributed by atoms with Crippen molar-refractivity contribution in [3.05, 3.63) is 30.3 Å². The van der Waals surface area contributed by atoms with Gasteiger partial charge >= 0.3 is 6.03 Å². The fourth-order valence-electron chi connectivity index (χ4n) is 4.59.